The summed E-state index contributed by atoms with van der Waals surface area (Å²) in [6.45, 7) is 4.11. The van der Waals surface area contributed by atoms with E-state index in [1.54, 1.807) is 17.7 Å². The van der Waals surface area contributed by atoms with Gasteiger partial charge in [-0.1, -0.05) is 37.9 Å². The maximum atomic E-state index is 12.4. The molecule has 1 N–H and O–H groups in total. The van der Waals surface area contributed by atoms with Crippen molar-refractivity contribution in [2.75, 3.05) is 0 Å². The highest BCUT2D eigenvalue weighted by Gasteiger charge is 2.21. The van der Waals surface area contributed by atoms with E-state index in [2.05, 4.69) is 28.3 Å². The highest BCUT2D eigenvalue weighted by molar-refractivity contribution is 8.00. The second-order valence-electron chi connectivity index (χ2n) is 6.07. The fourth-order valence-corrected chi connectivity index (χ4v) is 4.84. The molecule has 6 heteroatoms. The lowest BCUT2D eigenvalue weighted by molar-refractivity contribution is -0.121. The Hall–Kier alpha value is -1.14. The van der Waals surface area contributed by atoms with Gasteiger partial charge in [0.2, 0.25) is 5.91 Å². The third-order valence-electron chi connectivity index (χ3n) is 4.30. The molecule has 1 aliphatic carbocycles. The number of nitrogens with zero attached hydrogens (tertiary/aromatic N) is 2. The quantitative estimate of drug-likeness (QED) is 0.650. The van der Waals surface area contributed by atoms with Crippen LogP contribution in [-0.2, 0) is 11.2 Å². The van der Waals surface area contributed by atoms with Gasteiger partial charge in [0.1, 0.15) is 16.2 Å². The fraction of sp³-hybridized carbons (Fsp3) is 0.588. The number of carbonyl (C=O) groups excluding carboxylic acids is 1. The van der Waals surface area contributed by atoms with E-state index in [4.69, 9.17) is 0 Å². The van der Waals surface area contributed by atoms with Crippen LogP contribution in [0.4, 0.5) is 0 Å². The Morgan fingerprint density at radius 3 is 2.91 bits per heavy atom. The predicted octanol–water partition coefficient (Wildman–Crippen LogP) is 4.18. The Balaban J connectivity index is 1.68. The van der Waals surface area contributed by atoms with Gasteiger partial charge < -0.3 is 5.32 Å². The third-order valence-corrected chi connectivity index (χ3v) is 6.61. The first-order valence-electron chi connectivity index (χ1n) is 8.38. The van der Waals surface area contributed by atoms with E-state index in [1.807, 2.05) is 6.92 Å². The maximum absolute atomic E-state index is 12.4. The van der Waals surface area contributed by atoms with Gasteiger partial charge in [-0.15, -0.1) is 11.3 Å². The molecule has 0 bridgehead atoms. The van der Waals surface area contributed by atoms with E-state index in [0.717, 1.165) is 34.5 Å². The van der Waals surface area contributed by atoms with Crippen molar-refractivity contribution in [3.8, 4) is 0 Å². The van der Waals surface area contributed by atoms with E-state index in [9.17, 15) is 4.79 Å². The number of aryl methyl sites for hydroxylation is 1. The van der Waals surface area contributed by atoms with Crippen molar-refractivity contribution in [1.29, 1.82) is 0 Å². The minimum Gasteiger partial charge on any atom is -0.352 e. The van der Waals surface area contributed by atoms with Crippen molar-refractivity contribution in [2.24, 2.45) is 0 Å². The van der Waals surface area contributed by atoms with Crippen molar-refractivity contribution in [3.05, 3.63) is 17.3 Å². The molecule has 0 aromatic carbocycles. The number of hydrogen-bond donors (Lipinski definition) is 1. The molecule has 2 aromatic rings. The smallest absolute Gasteiger partial charge is 0.233 e. The van der Waals surface area contributed by atoms with Crippen LogP contribution in [0, 0.1) is 0 Å². The zero-order chi connectivity index (χ0) is 16.2. The van der Waals surface area contributed by atoms with Gasteiger partial charge in [-0.3, -0.25) is 4.79 Å². The van der Waals surface area contributed by atoms with Gasteiger partial charge in [-0.25, -0.2) is 9.97 Å². The highest BCUT2D eigenvalue weighted by Crippen LogP contribution is 2.33. The van der Waals surface area contributed by atoms with Crippen molar-refractivity contribution < 1.29 is 4.79 Å². The summed E-state index contributed by atoms with van der Waals surface area (Å²) in [5.74, 6) is 0.125. The Morgan fingerprint density at radius 2 is 2.17 bits per heavy atom. The van der Waals surface area contributed by atoms with E-state index >= 15 is 0 Å². The minimum atomic E-state index is -0.139. The molecule has 0 spiro atoms. The second-order valence-corrected chi connectivity index (χ2v) is 8.51. The SMILES string of the molecule is CCc1cc2c(SC(C)C(=O)NC3CCCCC3)ncnc2s1. The lowest BCUT2D eigenvalue weighted by Gasteiger charge is -2.24. The van der Waals surface area contributed by atoms with Crippen LogP contribution in [0.25, 0.3) is 10.2 Å². The molecule has 4 nitrogen and oxygen atoms in total. The first kappa shape index (κ1) is 16.7. The maximum Gasteiger partial charge on any atom is 0.233 e. The van der Waals surface area contributed by atoms with Crippen LogP contribution in [0.1, 0.15) is 50.8 Å². The molecule has 0 aliphatic heterocycles. The second kappa shape index (κ2) is 7.62. The number of thiophene rings is 1. The van der Waals surface area contributed by atoms with E-state index in [1.165, 1.54) is 35.9 Å². The molecule has 1 fully saturated rings. The lowest BCUT2D eigenvalue weighted by atomic mass is 9.95. The van der Waals surface area contributed by atoms with Crippen molar-refractivity contribution in [1.82, 2.24) is 15.3 Å². The average Bonchev–Trinajstić information content (AvgIpc) is 3.00. The molecule has 2 aromatic heterocycles. The molecule has 0 saturated heterocycles. The Morgan fingerprint density at radius 1 is 1.39 bits per heavy atom. The standard InChI is InChI=1S/C17H23N3OS2/c1-3-13-9-14-16(18-10-19-17(14)23-13)22-11(2)15(21)20-12-7-5-4-6-8-12/h9-12H,3-8H2,1-2H3,(H,20,21). The Labute approximate surface area is 145 Å². The summed E-state index contributed by atoms with van der Waals surface area (Å²) < 4.78 is 0. The molecular formula is C17H23N3OS2. The molecule has 1 saturated carbocycles. The number of fused-ring (bicyclic) bond motifs is 1. The summed E-state index contributed by atoms with van der Waals surface area (Å²) in [5.41, 5.74) is 0. The van der Waals surface area contributed by atoms with Gasteiger partial charge in [0.25, 0.3) is 0 Å². The molecule has 1 amide bonds. The van der Waals surface area contributed by atoms with Gasteiger partial charge >= 0.3 is 0 Å². The van der Waals surface area contributed by atoms with Crippen LogP contribution >= 0.6 is 23.1 Å². The van der Waals surface area contributed by atoms with Crippen molar-refractivity contribution in [3.63, 3.8) is 0 Å². The number of hydrogen-bond acceptors (Lipinski definition) is 5. The predicted molar refractivity (Wildman–Crippen MR) is 97.1 cm³/mol. The summed E-state index contributed by atoms with van der Waals surface area (Å²) in [5, 5.41) is 5.06. The number of carbonyl (C=O) groups is 1. The molecule has 124 valence electrons. The van der Waals surface area contributed by atoms with Gasteiger partial charge in [0.15, 0.2) is 0 Å². The highest BCUT2D eigenvalue weighted by atomic mass is 32.2. The molecular weight excluding hydrogens is 326 g/mol. The molecule has 2 heterocycles. The van der Waals surface area contributed by atoms with Crippen LogP contribution in [-0.4, -0.2) is 27.2 Å². The van der Waals surface area contributed by atoms with E-state index in [-0.39, 0.29) is 11.2 Å². The Kier molecular flexibility index (Phi) is 5.54. The van der Waals surface area contributed by atoms with Gasteiger partial charge in [0.05, 0.1) is 5.25 Å². The van der Waals surface area contributed by atoms with Gasteiger partial charge in [0, 0.05) is 16.3 Å². The van der Waals surface area contributed by atoms with Crippen LogP contribution in [0.15, 0.2) is 17.4 Å². The molecule has 3 rings (SSSR count). The zero-order valence-electron chi connectivity index (χ0n) is 13.7. The van der Waals surface area contributed by atoms with Crippen molar-refractivity contribution in [2.45, 2.75) is 68.7 Å². The molecule has 1 aliphatic rings. The van der Waals surface area contributed by atoms with E-state index in [0.29, 0.717) is 6.04 Å². The van der Waals surface area contributed by atoms with Gasteiger partial charge in [-0.2, -0.15) is 0 Å². The molecule has 0 radical (unpaired) electrons. The lowest BCUT2D eigenvalue weighted by Crippen LogP contribution is -2.40. The summed E-state index contributed by atoms with van der Waals surface area (Å²) in [7, 11) is 0. The number of aromatic nitrogens is 2. The fourth-order valence-electron chi connectivity index (χ4n) is 2.94. The zero-order valence-corrected chi connectivity index (χ0v) is 15.3. The van der Waals surface area contributed by atoms with Crippen LogP contribution < -0.4 is 5.32 Å². The summed E-state index contributed by atoms with van der Waals surface area (Å²) in [4.78, 5) is 23.5. The van der Waals surface area contributed by atoms with E-state index < -0.39 is 0 Å². The van der Waals surface area contributed by atoms with Crippen molar-refractivity contribution >= 4 is 39.2 Å². The first-order valence-corrected chi connectivity index (χ1v) is 10.1. The Bertz CT molecular complexity index is 680. The molecule has 23 heavy (non-hydrogen) atoms. The average molecular weight is 350 g/mol. The monoisotopic (exact) mass is 349 g/mol. The number of rotatable bonds is 5. The minimum absolute atomic E-state index is 0.125. The third kappa shape index (κ3) is 4.04. The summed E-state index contributed by atoms with van der Waals surface area (Å²) >= 11 is 3.25. The number of nitrogens with one attached hydrogen (secondary N) is 1. The van der Waals surface area contributed by atoms with Crippen LogP contribution in [0.2, 0.25) is 0 Å². The normalized spacial score (nSPS) is 17.3. The van der Waals surface area contributed by atoms with Crippen LogP contribution in [0.5, 0.6) is 0 Å². The topological polar surface area (TPSA) is 54.9 Å². The largest absolute Gasteiger partial charge is 0.352 e. The molecule has 1 atom stereocenters. The number of thioether (sulfide) groups is 1. The van der Waals surface area contributed by atoms with Crippen LogP contribution in [0.3, 0.4) is 0 Å². The molecule has 1 unspecified atom stereocenters. The summed E-state index contributed by atoms with van der Waals surface area (Å²) in [6, 6.07) is 2.52. The van der Waals surface area contributed by atoms with Gasteiger partial charge in [-0.05, 0) is 32.3 Å². The number of amides is 1. The summed E-state index contributed by atoms with van der Waals surface area (Å²) in [6.07, 6.45) is 8.60. The first-order chi connectivity index (χ1) is 11.2.